The fraction of sp³-hybridized carbons (Fsp3) is 0.150. The van der Waals surface area contributed by atoms with Crippen LogP contribution in [-0.4, -0.2) is 21.9 Å². The normalized spacial score (nSPS) is 10.6. The summed E-state index contributed by atoms with van der Waals surface area (Å²) in [5, 5.41) is 0.733. The first-order valence-corrected chi connectivity index (χ1v) is 8.38. The fourth-order valence-electron chi connectivity index (χ4n) is 2.68. The quantitative estimate of drug-likeness (QED) is 0.581. The number of rotatable bonds is 7. The lowest BCUT2D eigenvalue weighted by Crippen LogP contribution is -2.31. The maximum Gasteiger partial charge on any atom is 0.290 e. The van der Waals surface area contributed by atoms with Gasteiger partial charge in [-0.25, -0.2) is 0 Å². The molecule has 3 rings (SSSR count). The number of furan rings is 1. The van der Waals surface area contributed by atoms with Crippen molar-refractivity contribution in [2.24, 2.45) is 0 Å². The van der Waals surface area contributed by atoms with Crippen LogP contribution in [0.3, 0.4) is 0 Å². The van der Waals surface area contributed by atoms with Gasteiger partial charge >= 0.3 is 0 Å². The first-order chi connectivity index (χ1) is 12.2. The zero-order valence-corrected chi connectivity index (χ0v) is 14.5. The van der Waals surface area contributed by atoms with E-state index in [0.717, 1.165) is 16.3 Å². The molecular formula is C20H19ClN2O2. The molecular weight excluding hydrogens is 336 g/mol. The maximum atomic E-state index is 12.6. The number of benzene rings is 1. The van der Waals surface area contributed by atoms with E-state index in [0.29, 0.717) is 25.4 Å². The van der Waals surface area contributed by atoms with E-state index in [1.54, 1.807) is 23.1 Å². The number of carbonyl (C=O) groups is 1. The van der Waals surface area contributed by atoms with E-state index >= 15 is 0 Å². The van der Waals surface area contributed by atoms with Gasteiger partial charge in [-0.3, -0.25) is 4.79 Å². The van der Waals surface area contributed by atoms with Crippen LogP contribution in [0.1, 0.15) is 21.8 Å². The third-order valence-electron chi connectivity index (χ3n) is 3.94. The molecule has 5 heteroatoms. The summed E-state index contributed by atoms with van der Waals surface area (Å²) in [6, 6.07) is 15.1. The molecule has 0 spiro atoms. The molecule has 0 aliphatic heterocycles. The molecule has 4 nitrogen and oxygen atoms in total. The van der Waals surface area contributed by atoms with Gasteiger partial charge in [-0.05, 0) is 35.9 Å². The maximum absolute atomic E-state index is 12.6. The van der Waals surface area contributed by atoms with Gasteiger partial charge in [0.2, 0.25) is 0 Å². The van der Waals surface area contributed by atoms with Crippen molar-refractivity contribution < 1.29 is 9.21 Å². The Morgan fingerprint density at radius 1 is 1.20 bits per heavy atom. The van der Waals surface area contributed by atoms with Crippen molar-refractivity contribution in [2.75, 3.05) is 6.54 Å². The van der Waals surface area contributed by atoms with E-state index in [1.165, 1.54) is 6.26 Å². The summed E-state index contributed by atoms with van der Waals surface area (Å²) in [6.07, 6.45) is 5.20. The fourth-order valence-corrected chi connectivity index (χ4v) is 2.88. The second-order valence-electron chi connectivity index (χ2n) is 5.67. The van der Waals surface area contributed by atoms with Crippen LogP contribution in [0, 0.1) is 0 Å². The monoisotopic (exact) mass is 354 g/mol. The van der Waals surface area contributed by atoms with Crippen LogP contribution in [0.15, 0.2) is 78.1 Å². The summed E-state index contributed by atoms with van der Waals surface area (Å²) in [7, 11) is 0. The zero-order valence-electron chi connectivity index (χ0n) is 13.8. The number of aromatic nitrogens is 1. The lowest BCUT2D eigenvalue weighted by Gasteiger charge is -2.21. The highest BCUT2D eigenvalue weighted by atomic mass is 35.5. The summed E-state index contributed by atoms with van der Waals surface area (Å²) < 4.78 is 7.32. The highest BCUT2D eigenvalue weighted by Gasteiger charge is 2.18. The molecule has 1 aromatic carbocycles. The first-order valence-electron chi connectivity index (χ1n) is 8.00. The van der Waals surface area contributed by atoms with E-state index in [9.17, 15) is 4.79 Å². The van der Waals surface area contributed by atoms with Gasteiger partial charge < -0.3 is 13.9 Å². The lowest BCUT2D eigenvalue weighted by atomic mass is 10.2. The predicted molar refractivity (Wildman–Crippen MR) is 98.6 cm³/mol. The molecule has 0 atom stereocenters. The van der Waals surface area contributed by atoms with Gasteiger partial charge in [0.15, 0.2) is 5.76 Å². The molecule has 0 aliphatic rings. The van der Waals surface area contributed by atoms with Crippen LogP contribution in [-0.2, 0) is 13.1 Å². The molecule has 1 amide bonds. The van der Waals surface area contributed by atoms with Crippen molar-refractivity contribution in [1.29, 1.82) is 0 Å². The smallest absolute Gasteiger partial charge is 0.290 e. The van der Waals surface area contributed by atoms with Crippen LogP contribution < -0.4 is 0 Å². The Morgan fingerprint density at radius 3 is 2.76 bits per heavy atom. The summed E-state index contributed by atoms with van der Waals surface area (Å²) >= 11 is 6.26. The average molecular weight is 355 g/mol. The Morgan fingerprint density at radius 2 is 2.04 bits per heavy atom. The minimum absolute atomic E-state index is 0.157. The molecule has 0 aliphatic carbocycles. The molecule has 128 valence electrons. The molecule has 0 fully saturated rings. The molecule has 0 N–H and O–H groups in total. The van der Waals surface area contributed by atoms with E-state index in [1.807, 2.05) is 42.6 Å². The van der Waals surface area contributed by atoms with Crippen LogP contribution in [0.2, 0.25) is 5.02 Å². The Kier molecular flexibility index (Phi) is 5.41. The molecule has 0 radical (unpaired) electrons. The number of nitrogens with zero attached hydrogens (tertiary/aromatic N) is 2. The van der Waals surface area contributed by atoms with Crippen LogP contribution in [0.5, 0.6) is 0 Å². The lowest BCUT2D eigenvalue weighted by molar-refractivity contribution is 0.0727. The highest BCUT2D eigenvalue weighted by molar-refractivity contribution is 6.31. The molecule has 0 bridgehead atoms. The molecule has 0 saturated heterocycles. The predicted octanol–water partition coefficient (Wildman–Crippen LogP) is 4.61. The van der Waals surface area contributed by atoms with Gasteiger partial charge in [-0.15, -0.1) is 6.58 Å². The molecule has 0 saturated carbocycles. The van der Waals surface area contributed by atoms with Crippen molar-refractivity contribution in [3.8, 4) is 0 Å². The summed E-state index contributed by atoms with van der Waals surface area (Å²) in [5.74, 6) is 0.168. The Bertz CT molecular complexity index is 852. The molecule has 2 aromatic heterocycles. The number of hydrogen-bond acceptors (Lipinski definition) is 2. The Hall–Kier alpha value is -2.72. The van der Waals surface area contributed by atoms with E-state index in [4.69, 9.17) is 16.0 Å². The second kappa shape index (κ2) is 7.90. The van der Waals surface area contributed by atoms with Crippen molar-refractivity contribution >= 4 is 17.5 Å². The summed E-state index contributed by atoms with van der Waals surface area (Å²) in [4.78, 5) is 14.3. The third-order valence-corrected chi connectivity index (χ3v) is 4.31. The Balaban J connectivity index is 1.79. The first kappa shape index (κ1) is 17.1. The van der Waals surface area contributed by atoms with Crippen LogP contribution in [0.25, 0.3) is 0 Å². The SMILES string of the molecule is C=CCN(Cc1cccn1Cc1ccccc1Cl)C(=O)c1ccco1. The van der Waals surface area contributed by atoms with E-state index in [-0.39, 0.29) is 5.91 Å². The summed E-state index contributed by atoms with van der Waals surface area (Å²) in [5.41, 5.74) is 2.05. The zero-order chi connectivity index (χ0) is 17.6. The topological polar surface area (TPSA) is 38.4 Å². The van der Waals surface area contributed by atoms with Crippen LogP contribution in [0.4, 0.5) is 0 Å². The van der Waals surface area contributed by atoms with Gasteiger partial charge in [-0.1, -0.05) is 35.9 Å². The van der Waals surface area contributed by atoms with E-state index in [2.05, 4.69) is 11.1 Å². The molecule has 0 unspecified atom stereocenters. The Labute approximate surface area is 151 Å². The number of halogens is 1. The van der Waals surface area contributed by atoms with E-state index < -0.39 is 0 Å². The van der Waals surface area contributed by atoms with Crippen molar-refractivity contribution in [1.82, 2.24) is 9.47 Å². The average Bonchev–Trinajstić information content (AvgIpc) is 3.28. The molecule has 3 aromatic rings. The van der Waals surface area contributed by atoms with Gasteiger partial charge in [-0.2, -0.15) is 0 Å². The minimum atomic E-state index is -0.157. The number of hydrogen-bond donors (Lipinski definition) is 0. The summed E-state index contributed by atoms with van der Waals surface area (Å²) in [6.45, 7) is 5.30. The van der Waals surface area contributed by atoms with Gasteiger partial charge in [0.25, 0.3) is 5.91 Å². The largest absolute Gasteiger partial charge is 0.459 e. The number of amides is 1. The minimum Gasteiger partial charge on any atom is -0.459 e. The van der Waals surface area contributed by atoms with Crippen LogP contribution >= 0.6 is 11.6 Å². The molecule has 2 heterocycles. The number of carbonyl (C=O) groups excluding carboxylic acids is 1. The van der Waals surface area contributed by atoms with Crippen molar-refractivity contribution in [3.05, 3.63) is 95.7 Å². The van der Waals surface area contributed by atoms with Crippen molar-refractivity contribution in [2.45, 2.75) is 13.1 Å². The third kappa shape index (κ3) is 4.03. The molecule has 25 heavy (non-hydrogen) atoms. The highest BCUT2D eigenvalue weighted by Crippen LogP contribution is 2.18. The second-order valence-corrected chi connectivity index (χ2v) is 6.08. The van der Waals surface area contributed by atoms with Crippen molar-refractivity contribution in [3.63, 3.8) is 0 Å². The van der Waals surface area contributed by atoms with Gasteiger partial charge in [0, 0.05) is 30.0 Å². The van der Waals surface area contributed by atoms with Gasteiger partial charge in [0.1, 0.15) is 0 Å². The standard InChI is InChI=1S/C20H19ClN2O2/c1-2-11-23(20(24)19-10-6-13-25-19)15-17-8-5-12-22(17)14-16-7-3-4-9-18(16)21/h2-10,12-13H,1,11,14-15H2. The van der Waals surface area contributed by atoms with Gasteiger partial charge in [0.05, 0.1) is 12.8 Å².